The Morgan fingerprint density at radius 2 is 2.33 bits per heavy atom. The molecule has 0 fully saturated rings. The predicted molar refractivity (Wildman–Crippen MR) is 58.6 cm³/mol. The highest BCUT2D eigenvalue weighted by Crippen LogP contribution is 2.35. The minimum absolute atomic E-state index is 0.119. The van der Waals surface area contributed by atoms with Crippen LogP contribution in [0.25, 0.3) is 0 Å². The van der Waals surface area contributed by atoms with Gasteiger partial charge in [-0.05, 0) is 18.6 Å². The van der Waals surface area contributed by atoms with E-state index in [0.717, 1.165) is 17.7 Å². The van der Waals surface area contributed by atoms with E-state index in [0.29, 0.717) is 13.0 Å². The van der Waals surface area contributed by atoms with Crippen molar-refractivity contribution >= 4 is 5.69 Å². The van der Waals surface area contributed by atoms with Crippen molar-refractivity contribution in [1.82, 2.24) is 0 Å². The summed E-state index contributed by atoms with van der Waals surface area (Å²) in [4.78, 5) is 0. The Balaban J connectivity index is 2.31. The van der Waals surface area contributed by atoms with Crippen LogP contribution in [0.2, 0.25) is 0 Å². The number of rotatable bonds is 3. The third kappa shape index (κ3) is 1.72. The van der Waals surface area contributed by atoms with Crippen LogP contribution in [0.1, 0.15) is 18.9 Å². The zero-order chi connectivity index (χ0) is 10.9. The first kappa shape index (κ1) is 10.4. The molecular formula is C12H16FNO. The van der Waals surface area contributed by atoms with Crippen LogP contribution < -0.4 is 5.32 Å². The smallest absolute Gasteiger partial charge is 0.128 e. The maximum absolute atomic E-state index is 13.5. The number of hydrogen-bond donors (Lipinski definition) is 1. The SMILES string of the molecule is CCC1(COC)Cc2c(F)cccc2N1. The molecule has 0 amide bonds. The van der Waals surface area contributed by atoms with Gasteiger partial charge in [0.2, 0.25) is 0 Å². The molecule has 1 aromatic rings. The molecule has 1 aromatic carbocycles. The second-order valence-corrected chi connectivity index (χ2v) is 4.13. The maximum atomic E-state index is 13.5. The molecule has 0 spiro atoms. The highest BCUT2D eigenvalue weighted by molar-refractivity contribution is 5.59. The van der Waals surface area contributed by atoms with Crippen molar-refractivity contribution in [3.8, 4) is 0 Å². The number of nitrogens with one attached hydrogen (secondary N) is 1. The molecule has 0 radical (unpaired) electrons. The van der Waals surface area contributed by atoms with Crippen molar-refractivity contribution < 1.29 is 9.13 Å². The van der Waals surface area contributed by atoms with E-state index in [1.807, 2.05) is 6.07 Å². The Morgan fingerprint density at radius 1 is 1.53 bits per heavy atom. The highest BCUT2D eigenvalue weighted by atomic mass is 19.1. The Labute approximate surface area is 89.4 Å². The first-order valence-corrected chi connectivity index (χ1v) is 5.25. The number of hydrogen-bond acceptors (Lipinski definition) is 2. The van der Waals surface area contributed by atoms with E-state index in [9.17, 15) is 4.39 Å². The van der Waals surface area contributed by atoms with E-state index in [-0.39, 0.29) is 11.4 Å². The summed E-state index contributed by atoms with van der Waals surface area (Å²) in [6.07, 6.45) is 1.63. The van der Waals surface area contributed by atoms with Crippen LogP contribution >= 0.6 is 0 Å². The average Bonchev–Trinajstić information content (AvgIpc) is 2.59. The number of halogens is 1. The second kappa shape index (κ2) is 3.81. The van der Waals surface area contributed by atoms with Crippen LogP contribution in [0, 0.1) is 5.82 Å². The minimum Gasteiger partial charge on any atom is -0.382 e. The van der Waals surface area contributed by atoms with Gasteiger partial charge in [0.05, 0.1) is 12.1 Å². The molecule has 1 atom stereocenters. The van der Waals surface area contributed by atoms with Gasteiger partial charge in [-0.2, -0.15) is 0 Å². The normalized spacial score (nSPS) is 23.7. The molecule has 1 N–H and O–H groups in total. The Morgan fingerprint density at radius 3 is 2.93 bits per heavy atom. The van der Waals surface area contributed by atoms with Gasteiger partial charge in [-0.3, -0.25) is 0 Å². The van der Waals surface area contributed by atoms with E-state index in [2.05, 4.69) is 12.2 Å². The lowest BCUT2D eigenvalue weighted by molar-refractivity contribution is 0.143. The molecule has 2 rings (SSSR count). The van der Waals surface area contributed by atoms with Gasteiger partial charge in [0.1, 0.15) is 5.82 Å². The largest absolute Gasteiger partial charge is 0.382 e. The molecule has 0 aliphatic carbocycles. The van der Waals surface area contributed by atoms with Crippen LogP contribution in [0.4, 0.5) is 10.1 Å². The molecule has 1 heterocycles. The number of benzene rings is 1. The minimum atomic E-state index is -0.126. The summed E-state index contributed by atoms with van der Waals surface area (Å²) in [6.45, 7) is 2.70. The fraction of sp³-hybridized carbons (Fsp3) is 0.500. The molecule has 1 unspecified atom stereocenters. The van der Waals surface area contributed by atoms with Crippen molar-refractivity contribution in [2.45, 2.75) is 25.3 Å². The third-order valence-electron chi connectivity index (χ3n) is 3.13. The molecule has 15 heavy (non-hydrogen) atoms. The fourth-order valence-corrected chi connectivity index (χ4v) is 2.20. The second-order valence-electron chi connectivity index (χ2n) is 4.13. The molecule has 2 nitrogen and oxygen atoms in total. The average molecular weight is 209 g/mol. The van der Waals surface area contributed by atoms with Crippen molar-refractivity contribution in [2.75, 3.05) is 19.0 Å². The van der Waals surface area contributed by atoms with E-state index in [4.69, 9.17) is 4.74 Å². The lowest BCUT2D eigenvalue weighted by Crippen LogP contribution is -2.40. The topological polar surface area (TPSA) is 21.3 Å². The van der Waals surface area contributed by atoms with E-state index >= 15 is 0 Å². The fourth-order valence-electron chi connectivity index (χ4n) is 2.20. The van der Waals surface area contributed by atoms with Crippen molar-refractivity contribution in [3.63, 3.8) is 0 Å². The molecule has 1 aliphatic heterocycles. The standard InChI is InChI=1S/C12H16FNO/c1-3-12(8-15-2)7-9-10(13)5-4-6-11(9)14-12/h4-6,14H,3,7-8H2,1-2H3. The molecule has 1 aliphatic rings. The number of ether oxygens (including phenoxy) is 1. The summed E-state index contributed by atoms with van der Waals surface area (Å²) >= 11 is 0. The summed E-state index contributed by atoms with van der Waals surface area (Å²) in [7, 11) is 1.68. The van der Waals surface area contributed by atoms with E-state index < -0.39 is 0 Å². The lowest BCUT2D eigenvalue weighted by atomic mass is 9.93. The van der Waals surface area contributed by atoms with Gasteiger partial charge in [0.25, 0.3) is 0 Å². The molecule has 3 heteroatoms. The summed E-state index contributed by atoms with van der Waals surface area (Å²) in [5.41, 5.74) is 1.57. The van der Waals surface area contributed by atoms with Gasteiger partial charge in [0, 0.05) is 24.8 Å². The van der Waals surface area contributed by atoms with Gasteiger partial charge in [0.15, 0.2) is 0 Å². The zero-order valence-electron chi connectivity index (χ0n) is 9.14. The number of anilines is 1. The third-order valence-corrected chi connectivity index (χ3v) is 3.13. The van der Waals surface area contributed by atoms with Crippen LogP contribution in [-0.4, -0.2) is 19.3 Å². The van der Waals surface area contributed by atoms with Crippen molar-refractivity contribution in [3.05, 3.63) is 29.6 Å². The van der Waals surface area contributed by atoms with Crippen LogP contribution in [0.15, 0.2) is 18.2 Å². The Kier molecular flexibility index (Phi) is 2.65. The molecule has 0 saturated heterocycles. The lowest BCUT2D eigenvalue weighted by Gasteiger charge is -2.27. The Hall–Kier alpha value is -1.09. The van der Waals surface area contributed by atoms with E-state index in [1.54, 1.807) is 13.2 Å². The number of methoxy groups -OCH3 is 1. The Bertz CT molecular complexity index is 367. The van der Waals surface area contributed by atoms with E-state index in [1.165, 1.54) is 6.07 Å². The summed E-state index contributed by atoms with van der Waals surface area (Å²) in [6, 6.07) is 5.17. The summed E-state index contributed by atoms with van der Waals surface area (Å²) < 4.78 is 18.7. The maximum Gasteiger partial charge on any atom is 0.128 e. The van der Waals surface area contributed by atoms with Crippen LogP contribution in [0.3, 0.4) is 0 Å². The van der Waals surface area contributed by atoms with Crippen LogP contribution in [-0.2, 0) is 11.2 Å². The van der Waals surface area contributed by atoms with Gasteiger partial charge in [-0.25, -0.2) is 4.39 Å². The van der Waals surface area contributed by atoms with Crippen molar-refractivity contribution in [2.24, 2.45) is 0 Å². The molecule has 0 aromatic heterocycles. The zero-order valence-corrected chi connectivity index (χ0v) is 9.14. The molecule has 82 valence electrons. The monoisotopic (exact) mass is 209 g/mol. The van der Waals surface area contributed by atoms with Gasteiger partial charge < -0.3 is 10.1 Å². The quantitative estimate of drug-likeness (QED) is 0.826. The number of fused-ring (bicyclic) bond motifs is 1. The molecular weight excluding hydrogens is 193 g/mol. The molecule has 0 bridgehead atoms. The van der Waals surface area contributed by atoms with Crippen molar-refractivity contribution in [1.29, 1.82) is 0 Å². The molecule has 0 saturated carbocycles. The predicted octanol–water partition coefficient (Wildman–Crippen LogP) is 2.59. The van der Waals surface area contributed by atoms with Gasteiger partial charge >= 0.3 is 0 Å². The first-order chi connectivity index (χ1) is 7.21. The van der Waals surface area contributed by atoms with Gasteiger partial charge in [-0.15, -0.1) is 0 Å². The van der Waals surface area contributed by atoms with Crippen LogP contribution in [0.5, 0.6) is 0 Å². The van der Waals surface area contributed by atoms with Gasteiger partial charge in [-0.1, -0.05) is 13.0 Å². The highest BCUT2D eigenvalue weighted by Gasteiger charge is 2.36. The summed E-state index contributed by atoms with van der Waals surface area (Å²) in [5, 5.41) is 3.37. The summed E-state index contributed by atoms with van der Waals surface area (Å²) in [5.74, 6) is -0.119. The first-order valence-electron chi connectivity index (χ1n) is 5.25.